The van der Waals surface area contributed by atoms with Crippen molar-refractivity contribution < 1.29 is 23.7 Å². The predicted octanol–water partition coefficient (Wildman–Crippen LogP) is 3.59. The summed E-state index contributed by atoms with van der Waals surface area (Å²) in [5, 5.41) is 0. The third-order valence-corrected chi connectivity index (χ3v) is 4.10. The number of benzene rings is 2. The van der Waals surface area contributed by atoms with E-state index in [0.717, 1.165) is 22.6 Å². The van der Waals surface area contributed by atoms with Gasteiger partial charge in [0.15, 0.2) is 23.0 Å². The molecule has 2 aromatic carbocycles. The third-order valence-electron chi connectivity index (χ3n) is 4.10. The van der Waals surface area contributed by atoms with Crippen LogP contribution in [0.15, 0.2) is 30.3 Å². The van der Waals surface area contributed by atoms with Gasteiger partial charge in [-0.2, -0.15) is 0 Å². The lowest BCUT2D eigenvalue weighted by Gasteiger charge is -2.18. The van der Waals surface area contributed by atoms with Crippen molar-refractivity contribution in [3.05, 3.63) is 41.5 Å². The Morgan fingerprint density at radius 3 is 2.13 bits per heavy atom. The molecule has 0 aliphatic carbocycles. The zero-order valence-corrected chi connectivity index (χ0v) is 13.7. The van der Waals surface area contributed by atoms with Gasteiger partial charge in [0.25, 0.3) is 0 Å². The molecule has 1 unspecified atom stereocenters. The number of hydrogen-bond donors (Lipinski definition) is 0. The van der Waals surface area contributed by atoms with E-state index in [0.29, 0.717) is 17.2 Å². The molecule has 0 spiro atoms. The van der Waals surface area contributed by atoms with Crippen LogP contribution in [0.1, 0.15) is 24.0 Å². The van der Waals surface area contributed by atoms with Gasteiger partial charge in [0.1, 0.15) is 5.75 Å². The Morgan fingerprint density at radius 2 is 1.48 bits per heavy atom. The largest absolute Gasteiger partial charge is 0.496 e. The molecule has 2 aromatic rings. The van der Waals surface area contributed by atoms with Crippen molar-refractivity contribution in [1.82, 2.24) is 0 Å². The molecule has 1 atom stereocenters. The highest BCUT2D eigenvalue weighted by molar-refractivity contribution is 5.55. The van der Waals surface area contributed by atoms with Crippen molar-refractivity contribution in [2.24, 2.45) is 0 Å². The molecule has 0 saturated carbocycles. The second-order valence-electron chi connectivity index (χ2n) is 5.28. The maximum Gasteiger partial charge on any atom is 0.231 e. The van der Waals surface area contributed by atoms with Crippen LogP contribution in [0.25, 0.3) is 0 Å². The van der Waals surface area contributed by atoms with Gasteiger partial charge in [0, 0.05) is 17.5 Å². The topological polar surface area (TPSA) is 46.2 Å². The van der Waals surface area contributed by atoms with E-state index in [1.807, 2.05) is 30.3 Å². The number of hydrogen-bond acceptors (Lipinski definition) is 5. The van der Waals surface area contributed by atoms with E-state index in [-0.39, 0.29) is 12.7 Å². The number of fused-ring (bicyclic) bond motifs is 1. The molecule has 0 N–H and O–H groups in total. The van der Waals surface area contributed by atoms with E-state index >= 15 is 0 Å². The van der Waals surface area contributed by atoms with Gasteiger partial charge in [0.2, 0.25) is 6.79 Å². The summed E-state index contributed by atoms with van der Waals surface area (Å²) in [6.07, 6.45) is 0. The summed E-state index contributed by atoms with van der Waals surface area (Å²) >= 11 is 0. The summed E-state index contributed by atoms with van der Waals surface area (Å²) in [6.45, 7) is 2.36. The molecule has 1 aliphatic heterocycles. The van der Waals surface area contributed by atoms with Gasteiger partial charge in [-0.15, -0.1) is 0 Å². The minimum atomic E-state index is 0.0965. The predicted molar refractivity (Wildman–Crippen MR) is 86.2 cm³/mol. The fraction of sp³-hybridized carbons (Fsp3) is 0.333. The van der Waals surface area contributed by atoms with Crippen molar-refractivity contribution in [3.8, 4) is 28.7 Å². The maximum absolute atomic E-state index is 5.52. The van der Waals surface area contributed by atoms with Gasteiger partial charge in [0.05, 0.1) is 21.3 Å². The Hall–Kier alpha value is -2.56. The van der Waals surface area contributed by atoms with E-state index in [1.165, 1.54) is 0 Å². The van der Waals surface area contributed by atoms with E-state index in [2.05, 4.69) is 6.92 Å². The normalized spacial score (nSPS) is 13.6. The fourth-order valence-electron chi connectivity index (χ4n) is 2.76. The Morgan fingerprint density at radius 1 is 0.826 bits per heavy atom. The zero-order chi connectivity index (χ0) is 16.4. The molecule has 0 aromatic heterocycles. The van der Waals surface area contributed by atoms with Crippen molar-refractivity contribution in [2.75, 3.05) is 28.1 Å². The smallest absolute Gasteiger partial charge is 0.231 e. The lowest BCUT2D eigenvalue weighted by atomic mass is 9.91. The highest BCUT2D eigenvalue weighted by Gasteiger charge is 2.22. The Labute approximate surface area is 135 Å². The summed E-state index contributed by atoms with van der Waals surface area (Å²) in [7, 11) is 4.91. The monoisotopic (exact) mass is 316 g/mol. The van der Waals surface area contributed by atoms with Crippen LogP contribution in [-0.4, -0.2) is 28.1 Å². The molecular formula is C18H20O5. The Kier molecular flexibility index (Phi) is 4.19. The first kappa shape index (κ1) is 15.3. The van der Waals surface area contributed by atoms with Crippen molar-refractivity contribution in [1.29, 1.82) is 0 Å². The van der Waals surface area contributed by atoms with Crippen LogP contribution >= 0.6 is 0 Å². The highest BCUT2D eigenvalue weighted by Crippen LogP contribution is 2.43. The first-order chi connectivity index (χ1) is 11.2. The van der Waals surface area contributed by atoms with Crippen molar-refractivity contribution in [3.63, 3.8) is 0 Å². The summed E-state index contributed by atoms with van der Waals surface area (Å²) in [6, 6.07) is 9.76. The SMILES string of the molecule is COc1ccc(C(C)c2cc3c(cc2OC)OCO3)cc1OC. The Balaban J connectivity index is 2.01. The van der Waals surface area contributed by atoms with E-state index in [4.69, 9.17) is 23.7 Å². The minimum Gasteiger partial charge on any atom is -0.496 e. The molecule has 5 heteroatoms. The molecule has 23 heavy (non-hydrogen) atoms. The lowest BCUT2D eigenvalue weighted by Crippen LogP contribution is -2.01. The van der Waals surface area contributed by atoms with Crippen molar-refractivity contribution >= 4 is 0 Å². The summed E-state index contributed by atoms with van der Waals surface area (Å²) < 4.78 is 27.1. The van der Waals surface area contributed by atoms with Crippen LogP contribution in [-0.2, 0) is 0 Å². The van der Waals surface area contributed by atoms with Gasteiger partial charge in [-0.3, -0.25) is 0 Å². The summed E-state index contributed by atoms with van der Waals surface area (Å²) in [5.74, 6) is 3.74. The number of methoxy groups -OCH3 is 3. The molecule has 0 amide bonds. The standard InChI is InChI=1S/C18H20O5/c1-11(12-5-6-14(19-2)16(7-12)21-4)13-8-17-18(23-10-22-17)9-15(13)20-3/h5-9,11H,10H2,1-4H3. The van der Waals surface area contributed by atoms with Gasteiger partial charge in [-0.05, 0) is 23.8 Å². The molecule has 122 valence electrons. The molecule has 1 heterocycles. The average Bonchev–Trinajstić information content (AvgIpc) is 3.06. The molecule has 0 fully saturated rings. The van der Waals surface area contributed by atoms with Crippen LogP contribution < -0.4 is 23.7 Å². The Bertz CT molecular complexity index is 711. The van der Waals surface area contributed by atoms with Crippen LogP contribution in [0.5, 0.6) is 28.7 Å². The quantitative estimate of drug-likeness (QED) is 0.843. The molecule has 0 bridgehead atoms. The van der Waals surface area contributed by atoms with E-state index < -0.39 is 0 Å². The summed E-state index contributed by atoms with van der Waals surface area (Å²) in [5.41, 5.74) is 2.13. The second-order valence-corrected chi connectivity index (χ2v) is 5.28. The molecule has 0 radical (unpaired) electrons. The van der Waals surface area contributed by atoms with E-state index in [9.17, 15) is 0 Å². The van der Waals surface area contributed by atoms with Crippen LogP contribution in [0, 0.1) is 0 Å². The third kappa shape index (κ3) is 2.74. The van der Waals surface area contributed by atoms with Crippen molar-refractivity contribution in [2.45, 2.75) is 12.8 Å². The van der Waals surface area contributed by atoms with E-state index in [1.54, 1.807) is 21.3 Å². The lowest BCUT2D eigenvalue weighted by molar-refractivity contribution is 0.174. The molecule has 5 nitrogen and oxygen atoms in total. The summed E-state index contributed by atoms with van der Waals surface area (Å²) in [4.78, 5) is 0. The average molecular weight is 316 g/mol. The first-order valence-electron chi connectivity index (χ1n) is 7.37. The van der Waals surface area contributed by atoms with Gasteiger partial charge in [-0.25, -0.2) is 0 Å². The number of rotatable bonds is 5. The van der Waals surface area contributed by atoms with Crippen LogP contribution in [0.3, 0.4) is 0 Å². The second kappa shape index (κ2) is 6.28. The number of ether oxygens (including phenoxy) is 5. The molecule has 3 rings (SSSR count). The fourth-order valence-corrected chi connectivity index (χ4v) is 2.76. The molecule has 1 aliphatic rings. The highest BCUT2D eigenvalue weighted by atomic mass is 16.7. The maximum atomic E-state index is 5.52. The molecular weight excluding hydrogens is 296 g/mol. The van der Waals surface area contributed by atoms with Gasteiger partial charge >= 0.3 is 0 Å². The molecule has 0 saturated heterocycles. The van der Waals surface area contributed by atoms with Crippen LogP contribution in [0.2, 0.25) is 0 Å². The van der Waals surface area contributed by atoms with Gasteiger partial charge < -0.3 is 23.7 Å². The van der Waals surface area contributed by atoms with Gasteiger partial charge in [-0.1, -0.05) is 13.0 Å². The minimum absolute atomic E-state index is 0.0965. The zero-order valence-electron chi connectivity index (χ0n) is 13.7. The first-order valence-corrected chi connectivity index (χ1v) is 7.37. The van der Waals surface area contributed by atoms with Crippen LogP contribution in [0.4, 0.5) is 0 Å².